The van der Waals surface area contributed by atoms with Gasteiger partial charge in [0.05, 0.1) is 12.2 Å². The van der Waals surface area contributed by atoms with Crippen LogP contribution in [0.15, 0.2) is 0 Å². The molecule has 21 heavy (non-hydrogen) atoms. The van der Waals surface area contributed by atoms with E-state index in [0.29, 0.717) is 19.3 Å². The predicted octanol–water partition coefficient (Wildman–Crippen LogP) is 4.18. The van der Waals surface area contributed by atoms with Gasteiger partial charge < -0.3 is 15.3 Å². The van der Waals surface area contributed by atoms with Gasteiger partial charge in [-0.25, -0.2) is 0 Å². The van der Waals surface area contributed by atoms with Crippen molar-refractivity contribution in [3.05, 3.63) is 0 Å². The Labute approximate surface area is 131 Å². The third kappa shape index (κ3) is 8.18. The molecule has 0 bridgehead atoms. The van der Waals surface area contributed by atoms with Gasteiger partial charge in [-0.15, -0.1) is 0 Å². The molecule has 0 aliphatic rings. The van der Waals surface area contributed by atoms with E-state index in [1.54, 1.807) is 0 Å². The molecule has 0 aromatic carbocycles. The molecule has 0 rings (SSSR count). The lowest BCUT2D eigenvalue weighted by molar-refractivity contribution is -0.155. The van der Waals surface area contributed by atoms with Crippen LogP contribution in [0, 0.1) is 0 Å². The summed E-state index contributed by atoms with van der Waals surface area (Å²) in [5, 5.41) is 31.7. The minimum atomic E-state index is -1.32. The maximum absolute atomic E-state index is 10.9. The van der Waals surface area contributed by atoms with Gasteiger partial charge in [0.15, 0.2) is 0 Å². The van der Waals surface area contributed by atoms with E-state index in [1.807, 2.05) is 0 Å². The Morgan fingerprint density at radius 1 is 0.667 bits per heavy atom. The van der Waals surface area contributed by atoms with Crippen molar-refractivity contribution < 1.29 is 15.3 Å². The van der Waals surface area contributed by atoms with Crippen LogP contribution in [-0.2, 0) is 0 Å². The van der Waals surface area contributed by atoms with Crippen molar-refractivity contribution in [2.45, 2.75) is 116 Å². The molecule has 0 heterocycles. The van der Waals surface area contributed by atoms with Gasteiger partial charge in [-0.1, -0.05) is 78.6 Å². The van der Waals surface area contributed by atoms with Crippen molar-refractivity contribution in [2.75, 3.05) is 0 Å². The molecule has 0 saturated heterocycles. The lowest BCUT2D eigenvalue weighted by atomic mass is 9.80. The number of aliphatic hydroxyl groups excluding tert-OH is 2. The molecule has 0 amide bonds. The van der Waals surface area contributed by atoms with E-state index in [2.05, 4.69) is 20.8 Å². The van der Waals surface area contributed by atoms with Gasteiger partial charge in [-0.3, -0.25) is 0 Å². The lowest BCUT2D eigenvalue weighted by Gasteiger charge is -2.37. The van der Waals surface area contributed by atoms with Crippen molar-refractivity contribution in [2.24, 2.45) is 0 Å². The zero-order valence-electron chi connectivity index (χ0n) is 14.5. The molecule has 0 aromatic heterocycles. The SMILES string of the molecule is CCCCCC(O)C(O)(CCCCC)C(O)CCCCC. The Kier molecular flexibility index (Phi) is 12.4. The largest absolute Gasteiger partial charge is 0.390 e. The van der Waals surface area contributed by atoms with Crippen molar-refractivity contribution in [3.8, 4) is 0 Å². The molecule has 3 N–H and O–H groups in total. The monoisotopic (exact) mass is 302 g/mol. The molecule has 0 fully saturated rings. The highest BCUT2D eigenvalue weighted by Gasteiger charge is 2.41. The number of hydrogen-bond donors (Lipinski definition) is 3. The van der Waals surface area contributed by atoms with Gasteiger partial charge in [-0.2, -0.15) is 0 Å². The zero-order chi connectivity index (χ0) is 16.1. The van der Waals surface area contributed by atoms with E-state index >= 15 is 0 Å². The Hall–Kier alpha value is -0.120. The predicted molar refractivity (Wildman–Crippen MR) is 89.4 cm³/mol. The summed E-state index contributed by atoms with van der Waals surface area (Å²) in [6.45, 7) is 6.37. The first kappa shape index (κ1) is 20.9. The third-order valence-electron chi connectivity index (χ3n) is 4.50. The lowest BCUT2D eigenvalue weighted by Crippen LogP contribution is -2.52. The average molecular weight is 302 g/mol. The summed E-state index contributed by atoms with van der Waals surface area (Å²) >= 11 is 0. The number of rotatable bonds is 14. The molecule has 0 aliphatic heterocycles. The summed E-state index contributed by atoms with van der Waals surface area (Å²) in [6.07, 6.45) is 9.18. The Morgan fingerprint density at radius 3 is 1.43 bits per heavy atom. The number of aliphatic hydroxyl groups is 3. The molecule has 2 unspecified atom stereocenters. The first-order valence-electron chi connectivity index (χ1n) is 9.11. The highest BCUT2D eigenvalue weighted by Crippen LogP contribution is 2.29. The topological polar surface area (TPSA) is 60.7 Å². The number of unbranched alkanes of at least 4 members (excludes halogenated alkanes) is 6. The second-order valence-corrected chi connectivity index (χ2v) is 6.47. The van der Waals surface area contributed by atoms with E-state index in [4.69, 9.17) is 0 Å². The third-order valence-corrected chi connectivity index (χ3v) is 4.50. The molecule has 3 heteroatoms. The molecule has 0 spiro atoms. The summed E-state index contributed by atoms with van der Waals surface area (Å²) in [7, 11) is 0. The summed E-state index contributed by atoms with van der Waals surface area (Å²) in [5.41, 5.74) is -1.32. The van der Waals surface area contributed by atoms with Gasteiger partial charge >= 0.3 is 0 Å². The van der Waals surface area contributed by atoms with Crippen LogP contribution in [0.4, 0.5) is 0 Å². The van der Waals surface area contributed by atoms with Crippen LogP contribution in [0.5, 0.6) is 0 Å². The van der Waals surface area contributed by atoms with Crippen LogP contribution in [0.3, 0.4) is 0 Å². The smallest absolute Gasteiger partial charge is 0.116 e. The Morgan fingerprint density at radius 2 is 1.05 bits per heavy atom. The van der Waals surface area contributed by atoms with Crippen LogP contribution in [0.1, 0.15) is 97.8 Å². The van der Waals surface area contributed by atoms with Crippen LogP contribution in [0.25, 0.3) is 0 Å². The van der Waals surface area contributed by atoms with Crippen LogP contribution < -0.4 is 0 Å². The fourth-order valence-electron chi connectivity index (χ4n) is 2.89. The minimum absolute atomic E-state index is 0.501. The minimum Gasteiger partial charge on any atom is -0.390 e. The molecular weight excluding hydrogens is 264 g/mol. The van der Waals surface area contributed by atoms with Crippen molar-refractivity contribution in [3.63, 3.8) is 0 Å². The van der Waals surface area contributed by atoms with Gasteiger partial charge in [0.2, 0.25) is 0 Å². The highest BCUT2D eigenvalue weighted by molar-refractivity contribution is 4.93. The Balaban J connectivity index is 4.56. The first-order chi connectivity index (χ1) is 10.0. The highest BCUT2D eigenvalue weighted by atomic mass is 16.4. The van der Waals surface area contributed by atoms with Crippen molar-refractivity contribution in [1.29, 1.82) is 0 Å². The fourth-order valence-corrected chi connectivity index (χ4v) is 2.89. The summed E-state index contributed by atoms with van der Waals surface area (Å²) in [4.78, 5) is 0. The van der Waals surface area contributed by atoms with Crippen LogP contribution in [0.2, 0.25) is 0 Å². The van der Waals surface area contributed by atoms with E-state index in [1.165, 1.54) is 0 Å². The van der Waals surface area contributed by atoms with Gasteiger partial charge in [0.25, 0.3) is 0 Å². The first-order valence-corrected chi connectivity index (χ1v) is 9.11. The maximum Gasteiger partial charge on any atom is 0.116 e. The van der Waals surface area contributed by atoms with Crippen LogP contribution in [-0.4, -0.2) is 33.1 Å². The van der Waals surface area contributed by atoms with E-state index in [-0.39, 0.29) is 0 Å². The quantitative estimate of drug-likeness (QED) is 0.422. The van der Waals surface area contributed by atoms with Crippen molar-refractivity contribution in [1.82, 2.24) is 0 Å². The summed E-state index contributed by atoms with van der Waals surface area (Å²) in [5.74, 6) is 0. The molecule has 3 nitrogen and oxygen atoms in total. The zero-order valence-corrected chi connectivity index (χ0v) is 14.5. The second-order valence-electron chi connectivity index (χ2n) is 6.47. The Bertz CT molecular complexity index is 215. The van der Waals surface area contributed by atoms with Crippen molar-refractivity contribution >= 4 is 0 Å². The van der Waals surface area contributed by atoms with Gasteiger partial charge in [-0.05, 0) is 19.3 Å². The molecule has 128 valence electrons. The molecule has 0 saturated carbocycles. The van der Waals surface area contributed by atoms with Crippen LogP contribution >= 0.6 is 0 Å². The summed E-state index contributed by atoms with van der Waals surface area (Å²) < 4.78 is 0. The number of hydrogen-bond acceptors (Lipinski definition) is 3. The summed E-state index contributed by atoms with van der Waals surface area (Å²) in [6, 6.07) is 0. The molecule has 0 aromatic rings. The van der Waals surface area contributed by atoms with Gasteiger partial charge in [0, 0.05) is 0 Å². The van der Waals surface area contributed by atoms with E-state index in [9.17, 15) is 15.3 Å². The average Bonchev–Trinajstić information content (AvgIpc) is 2.47. The normalized spacial score (nSPS) is 17.4. The van der Waals surface area contributed by atoms with E-state index in [0.717, 1.165) is 57.8 Å². The van der Waals surface area contributed by atoms with E-state index < -0.39 is 17.8 Å². The molecule has 0 radical (unpaired) electrons. The molecule has 2 atom stereocenters. The standard InChI is InChI=1S/C18H38O3/c1-4-7-10-13-16(19)18(21,15-12-9-6-3)17(20)14-11-8-5-2/h16-17,19-21H,4-15H2,1-3H3. The second kappa shape index (κ2) is 12.4. The molecular formula is C18H38O3. The molecule has 0 aliphatic carbocycles. The van der Waals surface area contributed by atoms with Gasteiger partial charge in [0.1, 0.15) is 5.60 Å². The fraction of sp³-hybridized carbons (Fsp3) is 1.00. The maximum atomic E-state index is 10.9.